The molecule has 0 saturated heterocycles. The summed E-state index contributed by atoms with van der Waals surface area (Å²) in [6, 6.07) is 7.14. The van der Waals surface area contributed by atoms with Crippen LogP contribution in [0.3, 0.4) is 0 Å². The van der Waals surface area contributed by atoms with E-state index in [2.05, 4.69) is 21.1 Å². The number of hydrazone groups is 2. The molecule has 2 aromatic heterocycles. The molecule has 2 amide bonds. The van der Waals surface area contributed by atoms with Gasteiger partial charge in [-0.25, -0.2) is 10.9 Å². The number of nitrogens with zero attached hydrogens (tertiary/aromatic N) is 2. The second kappa shape index (κ2) is 10.3. The second-order valence-corrected chi connectivity index (χ2v) is 5.57. The standard InChI is InChI=1S/C19H20N4O4/c1-14(9-16-5-3-7-26-16)12-20-22-18(24)11-19(25)23-21-13-15(2)10-17-6-4-8-27-17/h3-10,12-13H,11H2,1-2H3,(H,22,24)(H,23,25)/b14-9+,15-10+,20-12+,21-13+. The van der Waals surface area contributed by atoms with E-state index in [1.807, 2.05) is 0 Å². The Morgan fingerprint density at radius 1 is 0.889 bits per heavy atom. The minimum Gasteiger partial charge on any atom is -0.465 e. The molecule has 2 heterocycles. The molecule has 140 valence electrons. The van der Waals surface area contributed by atoms with E-state index >= 15 is 0 Å². The van der Waals surface area contributed by atoms with Crippen molar-refractivity contribution in [1.82, 2.24) is 10.9 Å². The fourth-order valence-corrected chi connectivity index (χ4v) is 1.91. The van der Waals surface area contributed by atoms with Crippen LogP contribution in [0.25, 0.3) is 12.2 Å². The van der Waals surface area contributed by atoms with Crippen molar-refractivity contribution in [2.45, 2.75) is 20.3 Å². The van der Waals surface area contributed by atoms with Crippen molar-refractivity contribution in [2.75, 3.05) is 0 Å². The van der Waals surface area contributed by atoms with Gasteiger partial charge in [-0.2, -0.15) is 10.2 Å². The maximum atomic E-state index is 11.7. The highest BCUT2D eigenvalue weighted by Crippen LogP contribution is 2.06. The van der Waals surface area contributed by atoms with Crippen molar-refractivity contribution >= 4 is 36.4 Å². The molecule has 0 atom stereocenters. The summed E-state index contributed by atoms with van der Waals surface area (Å²) in [6.45, 7) is 3.61. The molecule has 0 spiro atoms. The first-order valence-electron chi connectivity index (χ1n) is 8.10. The Morgan fingerprint density at radius 2 is 1.33 bits per heavy atom. The molecule has 0 aromatic carbocycles. The highest BCUT2D eigenvalue weighted by Gasteiger charge is 2.07. The predicted octanol–water partition coefficient (Wildman–Crippen LogP) is 2.97. The summed E-state index contributed by atoms with van der Waals surface area (Å²) in [4.78, 5) is 23.3. The molecule has 8 nitrogen and oxygen atoms in total. The lowest BCUT2D eigenvalue weighted by atomic mass is 10.3. The molecule has 0 radical (unpaired) electrons. The van der Waals surface area contributed by atoms with Gasteiger partial charge in [0.05, 0.1) is 25.0 Å². The molecule has 0 unspecified atom stereocenters. The molecule has 0 aliphatic carbocycles. The van der Waals surface area contributed by atoms with Crippen LogP contribution >= 0.6 is 0 Å². The van der Waals surface area contributed by atoms with Crippen molar-refractivity contribution in [3.05, 3.63) is 59.5 Å². The summed E-state index contributed by atoms with van der Waals surface area (Å²) in [5.74, 6) is 0.262. The zero-order valence-electron chi connectivity index (χ0n) is 15.0. The number of hydrogen-bond acceptors (Lipinski definition) is 6. The SMILES string of the molecule is CC(/C=N/NC(=O)CC(=O)N/N=C/C(C)=C/c1ccco1)=C\c1ccco1. The average molecular weight is 368 g/mol. The van der Waals surface area contributed by atoms with Gasteiger partial charge in [0.25, 0.3) is 0 Å². The lowest BCUT2D eigenvalue weighted by Gasteiger charge is -1.99. The fraction of sp³-hybridized carbons (Fsp3) is 0.158. The van der Waals surface area contributed by atoms with Gasteiger partial charge < -0.3 is 8.83 Å². The highest BCUT2D eigenvalue weighted by atomic mass is 16.3. The minimum absolute atomic E-state index is 0.392. The Balaban J connectivity index is 1.71. The van der Waals surface area contributed by atoms with Gasteiger partial charge in [-0.1, -0.05) is 0 Å². The van der Waals surface area contributed by atoms with Gasteiger partial charge in [-0.3, -0.25) is 9.59 Å². The van der Waals surface area contributed by atoms with E-state index in [1.165, 1.54) is 12.4 Å². The Bertz CT molecular complexity index is 787. The van der Waals surface area contributed by atoms with Crippen LogP contribution in [0.2, 0.25) is 0 Å². The average Bonchev–Trinajstić information content (AvgIpc) is 3.28. The van der Waals surface area contributed by atoms with Gasteiger partial charge in [0.15, 0.2) is 0 Å². The molecule has 0 bridgehead atoms. The lowest BCUT2D eigenvalue weighted by Crippen LogP contribution is -2.27. The maximum absolute atomic E-state index is 11.7. The maximum Gasteiger partial charge on any atom is 0.249 e. The van der Waals surface area contributed by atoms with E-state index in [1.54, 1.807) is 62.8 Å². The van der Waals surface area contributed by atoms with Gasteiger partial charge in [-0.15, -0.1) is 0 Å². The number of carbonyl (C=O) groups excluding carboxylic acids is 2. The van der Waals surface area contributed by atoms with E-state index in [-0.39, 0.29) is 0 Å². The third-order valence-corrected chi connectivity index (χ3v) is 3.06. The summed E-state index contributed by atoms with van der Waals surface area (Å²) in [6.07, 6.45) is 9.17. The zero-order chi connectivity index (χ0) is 19.5. The third-order valence-electron chi connectivity index (χ3n) is 3.06. The molecule has 8 heteroatoms. The van der Waals surface area contributed by atoms with Crippen LogP contribution in [0, 0.1) is 0 Å². The monoisotopic (exact) mass is 368 g/mol. The third kappa shape index (κ3) is 7.82. The van der Waals surface area contributed by atoms with Crippen LogP contribution in [0.4, 0.5) is 0 Å². The smallest absolute Gasteiger partial charge is 0.249 e. The number of furan rings is 2. The molecule has 27 heavy (non-hydrogen) atoms. The largest absolute Gasteiger partial charge is 0.465 e. The Morgan fingerprint density at radius 3 is 1.70 bits per heavy atom. The van der Waals surface area contributed by atoms with E-state index in [9.17, 15) is 9.59 Å². The number of amides is 2. The van der Waals surface area contributed by atoms with Crippen molar-refractivity contribution in [1.29, 1.82) is 0 Å². The number of carbonyl (C=O) groups is 2. The van der Waals surface area contributed by atoms with Crippen molar-refractivity contribution in [3.8, 4) is 0 Å². The van der Waals surface area contributed by atoms with Crippen molar-refractivity contribution in [3.63, 3.8) is 0 Å². The highest BCUT2D eigenvalue weighted by molar-refractivity contribution is 5.97. The molecule has 0 fully saturated rings. The van der Waals surface area contributed by atoms with Gasteiger partial charge in [0.1, 0.15) is 17.9 Å². The van der Waals surface area contributed by atoms with Crippen LogP contribution in [0.1, 0.15) is 31.8 Å². The number of hydrogen-bond donors (Lipinski definition) is 2. The zero-order valence-corrected chi connectivity index (χ0v) is 15.0. The normalized spacial score (nSPS) is 12.7. The fourth-order valence-electron chi connectivity index (χ4n) is 1.91. The number of allylic oxidation sites excluding steroid dienone is 2. The first kappa shape index (κ1) is 19.6. The molecule has 2 N–H and O–H groups in total. The molecular weight excluding hydrogens is 348 g/mol. The summed E-state index contributed by atoms with van der Waals surface area (Å²) < 4.78 is 10.3. The quantitative estimate of drug-likeness (QED) is 0.424. The summed E-state index contributed by atoms with van der Waals surface area (Å²) >= 11 is 0. The Kier molecular flexibility index (Phi) is 7.52. The van der Waals surface area contributed by atoms with E-state index in [0.717, 1.165) is 11.1 Å². The first-order valence-corrected chi connectivity index (χ1v) is 8.10. The molecule has 0 aliphatic rings. The lowest BCUT2D eigenvalue weighted by molar-refractivity contribution is -0.129. The van der Waals surface area contributed by atoms with Gasteiger partial charge in [0, 0.05) is 0 Å². The molecule has 2 aromatic rings. The molecule has 0 saturated carbocycles. The second-order valence-electron chi connectivity index (χ2n) is 5.57. The first-order chi connectivity index (χ1) is 13.0. The number of rotatable bonds is 8. The van der Waals surface area contributed by atoms with Gasteiger partial charge in [0.2, 0.25) is 11.8 Å². The summed E-state index contributed by atoms with van der Waals surface area (Å²) in [5.41, 5.74) is 6.10. The van der Waals surface area contributed by atoms with E-state index in [4.69, 9.17) is 8.83 Å². The predicted molar refractivity (Wildman–Crippen MR) is 103 cm³/mol. The number of nitrogens with one attached hydrogen (secondary N) is 2. The molecule has 0 aliphatic heterocycles. The van der Waals surface area contributed by atoms with Crippen LogP contribution in [0.15, 0.2) is 67.0 Å². The van der Waals surface area contributed by atoms with Crippen LogP contribution in [0.5, 0.6) is 0 Å². The van der Waals surface area contributed by atoms with Gasteiger partial charge in [-0.05, 0) is 61.4 Å². The Labute approximate surface area is 156 Å². The summed E-state index contributed by atoms with van der Waals surface area (Å²) in [5, 5.41) is 7.57. The van der Waals surface area contributed by atoms with Crippen LogP contribution in [-0.4, -0.2) is 24.2 Å². The topological polar surface area (TPSA) is 109 Å². The Hall–Kier alpha value is -3.68. The molecule has 2 rings (SSSR count). The van der Waals surface area contributed by atoms with Crippen LogP contribution in [-0.2, 0) is 9.59 Å². The summed E-state index contributed by atoms with van der Waals surface area (Å²) in [7, 11) is 0. The van der Waals surface area contributed by atoms with Gasteiger partial charge >= 0.3 is 0 Å². The van der Waals surface area contributed by atoms with E-state index < -0.39 is 18.2 Å². The van der Waals surface area contributed by atoms with Crippen molar-refractivity contribution < 1.29 is 18.4 Å². The molecular formula is C19H20N4O4. The minimum atomic E-state index is -0.549. The van der Waals surface area contributed by atoms with E-state index in [0.29, 0.717) is 11.5 Å². The van der Waals surface area contributed by atoms with Crippen molar-refractivity contribution in [2.24, 2.45) is 10.2 Å². The van der Waals surface area contributed by atoms with Crippen LogP contribution < -0.4 is 10.9 Å².